The number of fused-ring (bicyclic) bond motifs is 2. The molecule has 306 valence electrons. The van der Waals surface area contributed by atoms with Gasteiger partial charge in [-0.1, -0.05) is 49.2 Å². The average Bonchev–Trinajstić information content (AvgIpc) is 4.04. The minimum atomic E-state index is -1.28. The number of carbonyl (C=O) groups excluding carboxylic acids is 1. The number of unbranched alkanes of at least 4 members (excludes halogenated alkanes) is 2. The second kappa shape index (κ2) is 20.0. The average molecular weight is 774 g/mol. The number of carbonyl (C=O) groups is 1. The molecule has 0 radical (unpaired) electrons. The Hall–Kier alpha value is -3.90. The summed E-state index contributed by atoms with van der Waals surface area (Å²) < 4.78 is 26.3. The molecule has 1 saturated carbocycles. The van der Waals surface area contributed by atoms with E-state index in [0.29, 0.717) is 38.3 Å². The first-order valence-corrected chi connectivity index (χ1v) is 20.9. The Morgan fingerprint density at radius 3 is 2.59 bits per heavy atom. The van der Waals surface area contributed by atoms with E-state index in [4.69, 9.17) is 28.9 Å². The van der Waals surface area contributed by atoms with Crippen LogP contribution >= 0.6 is 0 Å². The van der Waals surface area contributed by atoms with Crippen molar-refractivity contribution in [2.24, 2.45) is 22.9 Å². The van der Waals surface area contributed by atoms with Gasteiger partial charge in [-0.2, -0.15) is 0 Å². The number of hydrogen-bond donors (Lipinski definition) is 2. The summed E-state index contributed by atoms with van der Waals surface area (Å²) in [6, 6.07) is 13.3. The molecule has 0 bridgehead atoms. The molecule has 0 unspecified atom stereocenters. The molecule has 1 amide bonds. The Morgan fingerprint density at radius 2 is 1.88 bits per heavy atom. The van der Waals surface area contributed by atoms with Gasteiger partial charge in [0.15, 0.2) is 0 Å². The molecule has 6 rings (SSSR count). The van der Waals surface area contributed by atoms with E-state index >= 15 is 0 Å². The zero-order chi connectivity index (χ0) is 39.5. The Bertz CT molecular complexity index is 1680. The van der Waals surface area contributed by atoms with Crippen molar-refractivity contribution in [2.45, 2.75) is 89.4 Å². The van der Waals surface area contributed by atoms with Crippen molar-refractivity contribution in [1.29, 1.82) is 0 Å². The highest BCUT2D eigenvalue weighted by molar-refractivity contribution is 6.03. The third-order valence-electron chi connectivity index (χ3n) is 11.8. The largest absolute Gasteiger partial charge is 0.497 e. The van der Waals surface area contributed by atoms with Crippen LogP contribution in [0.25, 0.3) is 0 Å². The van der Waals surface area contributed by atoms with E-state index in [-0.39, 0.29) is 55.8 Å². The Kier molecular flexibility index (Phi) is 14.9. The third kappa shape index (κ3) is 9.44. The molecule has 0 aromatic heterocycles. The molecule has 1 saturated heterocycles. The van der Waals surface area contributed by atoms with Gasteiger partial charge in [-0.05, 0) is 92.3 Å². The van der Waals surface area contributed by atoms with Crippen LogP contribution < -0.4 is 14.2 Å². The molecule has 56 heavy (non-hydrogen) atoms. The lowest BCUT2D eigenvalue weighted by molar-refractivity contribution is -0.257. The molecule has 11 nitrogen and oxygen atoms in total. The minimum Gasteiger partial charge on any atom is -0.497 e. The number of benzene rings is 2. The van der Waals surface area contributed by atoms with Crippen LogP contribution in [0.3, 0.4) is 0 Å². The summed E-state index contributed by atoms with van der Waals surface area (Å²) in [5.74, 6) is 0.778. The van der Waals surface area contributed by atoms with Crippen molar-refractivity contribution >= 4 is 11.6 Å². The van der Waals surface area contributed by atoms with Crippen molar-refractivity contribution in [3.8, 4) is 17.2 Å². The molecule has 2 aromatic rings. The maximum absolute atomic E-state index is 14.7. The number of amides is 1. The first-order valence-electron chi connectivity index (χ1n) is 20.9. The molecule has 6 atom stereocenters. The van der Waals surface area contributed by atoms with Gasteiger partial charge in [0.1, 0.15) is 36.5 Å². The third-order valence-corrected chi connectivity index (χ3v) is 11.8. The smallest absolute Gasteiger partial charge is 0.239 e. The molecule has 0 spiro atoms. The fourth-order valence-corrected chi connectivity index (χ4v) is 9.22. The van der Waals surface area contributed by atoms with Crippen LogP contribution in [0.1, 0.15) is 82.3 Å². The monoisotopic (exact) mass is 773 g/mol. The number of aliphatic hydroxyl groups is 2. The second-order valence-electron chi connectivity index (χ2n) is 15.5. The molecule has 11 heteroatoms. The molecular formula is C45H63N3O8. The van der Waals surface area contributed by atoms with E-state index in [0.717, 1.165) is 92.1 Å². The molecule has 2 aliphatic heterocycles. The fourth-order valence-electron chi connectivity index (χ4n) is 9.22. The van der Waals surface area contributed by atoms with Crippen LogP contribution in [0.2, 0.25) is 0 Å². The minimum absolute atomic E-state index is 0.0341. The maximum atomic E-state index is 14.7. The van der Waals surface area contributed by atoms with Gasteiger partial charge in [0.2, 0.25) is 11.7 Å². The molecule has 2 heterocycles. The predicted molar refractivity (Wildman–Crippen MR) is 217 cm³/mol. The molecule has 2 aliphatic carbocycles. The number of rotatable bonds is 23. The summed E-state index contributed by atoms with van der Waals surface area (Å²) in [4.78, 5) is 24.9. The van der Waals surface area contributed by atoms with Crippen LogP contribution in [-0.2, 0) is 20.8 Å². The number of methoxy groups -OCH3 is 1. The van der Waals surface area contributed by atoms with Crippen molar-refractivity contribution in [3.05, 3.63) is 77.9 Å². The van der Waals surface area contributed by atoms with E-state index in [1.807, 2.05) is 48.2 Å². The highest BCUT2D eigenvalue weighted by Gasteiger charge is 2.65. The lowest BCUT2D eigenvalue weighted by atomic mass is 9.55. The van der Waals surface area contributed by atoms with Gasteiger partial charge in [0.05, 0.1) is 31.8 Å². The first-order chi connectivity index (χ1) is 27.4. The standard InChI is InChI=1S/C45H63N3O8/c1-5-19-48(42(51)28-32-13-12-15-34(27-32)52-4)41-31-39(46-55-7-3)37-29-33(14-8-10-23-49)36(16-9-11-24-50)43-38-30-35(53-26-22-47-20-21-47)17-18-40(38)56-45(41,44(37)43)54-25-6-2/h6,12-13,15,17-18,27,29-30,33,36,41,43-44,49-50H,2,5,7-11,14,16,19-26,28,31H2,1,3-4H3/t33-,36+,41-,43+,44+,45+/m0/s1. The molecule has 2 N–H and O–H groups in total. The molecule has 4 aliphatic rings. The Balaban J connectivity index is 1.53. The van der Waals surface area contributed by atoms with Crippen molar-refractivity contribution < 1.29 is 38.8 Å². The van der Waals surface area contributed by atoms with Crippen LogP contribution in [0.5, 0.6) is 17.2 Å². The number of ether oxygens (including phenoxy) is 4. The fraction of sp³-hybridized carbons (Fsp3) is 0.600. The van der Waals surface area contributed by atoms with Crippen LogP contribution in [0, 0.1) is 17.8 Å². The van der Waals surface area contributed by atoms with Gasteiger partial charge < -0.3 is 38.9 Å². The molecule has 2 fully saturated rings. The van der Waals surface area contributed by atoms with Gasteiger partial charge in [-0.3, -0.25) is 9.69 Å². The molecule has 2 aromatic carbocycles. The number of hydrogen-bond acceptors (Lipinski definition) is 10. The van der Waals surface area contributed by atoms with Gasteiger partial charge in [0.25, 0.3) is 0 Å². The quantitative estimate of drug-likeness (QED) is 0.0563. The summed E-state index contributed by atoms with van der Waals surface area (Å²) in [5, 5.41) is 24.5. The highest BCUT2D eigenvalue weighted by Crippen LogP contribution is 2.62. The van der Waals surface area contributed by atoms with Gasteiger partial charge in [-0.15, -0.1) is 6.58 Å². The van der Waals surface area contributed by atoms with Crippen LogP contribution in [0.4, 0.5) is 0 Å². The second-order valence-corrected chi connectivity index (χ2v) is 15.5. The maximum Gasteiger partial charge on any atom is 0.239 e. The predicted octanol–water partition coefficient (Wildman–Crippen LogP) is 6.52. The van der Waals surface area contributed by atoms with E-state index in [1.54, 1.807) is 13.2 Å². The number of nitrogens with zero attached hydrogens (tertiary/aromatic N) is 3. The zero-order valence-electron chi connectivity index (χ0n) is 33.7. The number of allylic oxidation sites excluding steroid dienone is 1. The van der Waals surface area contributed by atoms with Crippen molar-refractivity contribution in [2.75, 3.05) is 66.3 Å². The number of oxime groups is 1. The topological polar surface area (TPSA) is 122 Å². The summed E-state index contributed by atoms with van der Waals surface area (Å²) in [5.41, 5.74) is 3.76. The van der Waals surface area contributed by atoms with E-state index in [2.05, 4.69) is 30.5 Å². The molecular weight excluding hydrogens is 711 g/mol. The lowest BCUT2D eigenvalue weighted by Gasteiger charge is -2.60. The zero-order valence-corrected chi connectivity index (χ0v) is 33.7. The van der Waals surface area contributed by atoms with Gasteiger partial charge >= 0.3 is 0 Å². The van der Waals surface area contributed by atoms with Crippen LogP contribution in [-0.4, -0.2) is 110 Å². The van der Waals surface area contributed by atoms with E-state index in [9.17, 15) is 15.0 Å². The van der Waals surface area contributed by atoms with Crippen molar-refractivity contribution in [1.82, 2.24) is 9.80 Å². The van der Waals surface area contributed by atoms with Gasteiger partial charge in [0, 0.05) is 57.3 Å². The first kappa shape index (κ1) is 41.7. The SMILES string of the molecule is C=CCO[C@@]12Oc3ccc(OCCN4CC4)cc3[C@H]3[C@H](CCCCO)[C@@H](CCCCO)C=C(C(=NOCC)C[C@@H]1N(CCC)C(=O)Cc1cccc(OC)c1)[C@H]32. The summed E-state index contributed by atoms with van der Waals surface area (Å²) in [7, 11) is 1.63. The summed E-state index contributed by atoms with van der Waals surface area (Å²) >= 11 is 0. The van der Waals surface area contributed by atoms with Gasteiger partial charge in [-0.25, -0.2) is 0 Å². The summed E-state index contributed by atoms with van der Waals surface area (Å²) in [6.45, 7) is 13.2. The van der Waals surface area contributed by atoms with Crippen LogP contribution in [0.15, 0.2) is 71.9 Å². The lowest BCUT2D eigenvalue weighted by Crippen LogP contribution is -2.70. The van der Waals surface area contributed by atoms with E-state index in [1.165, 1.54) is 0 Å². The Morgan fingerprint density at radius 1 is 1.07 bits per heavy atom. The summed E-state index contributed by atoms with van der Waals surface area (Å²) in [6.07, 6.45) is 10.4. The van der Waals surface area contributed by atoms with Crippen molar-refractivity contribution in [3.63, 3.8) is 0 Å². The highest BCUT2D eigenvalue weighted by atomic mass is 16.7. The normalized spacial score (nSPS) is 25.7. The number of aliphatic hydroxyl groups excluding tert-OH is 2. The Labute approximate surface area is 333 Å². The van der Waals surface area contributed by atoms with E-state index < -0.39 is 11.8 Å².